The minimum atomic E-state index is -1.33. The van der Waals surface area contributed by atoms with Crippen molar-refractivity contribution >= 4 is 29.6 Å². The van der Waals surface area contributed by atoms with Crippen molar-refractivity contribution in [2.24, 2.45) is 5.41 Å². The molecule has 1 fully saturated rings. The van der Waals surface area contributed by atoms with Crippen LogP contribution in [-0.4, -0.2) is 72.5 Å². The fourth-order valence-corrected chi connectivity index (χ4v) is 5.23. The third kappa shape index (κ3) is 9.42. The van der Waals surface area contributed by atoms with Crippen LogP contribution in [0.5, 0.6) is 11.5 Å². The molecule has 0 aromatic heterocycles. The lowest BCUT2D eigenvalue weighted by atomic mass is 9.87. The van der Waals surface area contributed by atoms with Gasteiger partial charge >= 0.3 is 17.9 Å². The number of carbonyl (C=O) groups is 5. The molecule has 1 amide bonds. The summed E-state index contributed by atoms with van der Waals surface area (Å²) >= 11 is 0. The number of hydrogen-bond donors (Lipinski definition) is 1. The normalized spacial score (nSPS) is 15.3. The van der Waals surface area contributed by atoms with Crippen LogP contribution in [0.2, 0.25) is 0 Å². The zero-order valence-corrected chi connectivity index (χ0v) is 27.1. The first-order valence-corrected chi connectivity index (χ1v) is 15.2. The average Bonchev–Trinajstić information content (AvgIpc) is 3.05. The summed E-state index contributed by atoms with van der Waals surface area (Å²) in [4.78, 5) is 64.4. The van der Waals surface area contributed by atoms with Gasteiger partial charge in [0.05, 0.1) is 12.5 Å². The topological polar surface area (TPSA) is 146 Å². The monoisotopic (exact) mass is 637 g/mol. The Kier molecular flexibility index (Phi) is 12.5. The first-order valence-electron chi connectivity index (χ1n) is 15.2. The van der Waals surface area contributed by atoms with E-state index in [1.807, 2.05) is 26.0 Å². The van der Waals surface area contributed by atoms with E-state index in [0.29, 0.717) is 43.4 Å². The molecule has 0 spiro atoms. The molecule has 0 radical (unpaired) electrons. The van der Waals surface area contributed by atoms with Crippen molar-refractivity contribution in [2.45, 2.75) is 71.9 Å². The van der Waals surface area contributed by atoms with Gasteiger partial charge in [0.2, 0.25) is 5.78 Å². The van der Waals surface area contributed by atoms with Gasteiger partial charge in [-0.05, 0) is 100 Å². The Morgan fingerprint density at radius 2 is 1.85 bits per heavy atom. The number of ether oxygens (including phenoxy) is 4. The Labute approximate surface area is 269 Å². The quantitative estimate of drug-likeness (QED) is 0.166. The molecule has 0 unspecified atom stereocenters. The molecule has 2 aromatic rings. The van der Waals surface area contributed by atoms with Crippen molar-refractivity contribution in [3.63, 3.8) is 0 Å². The van der Waals surface area contributed by atoms with E-state index in [0.717, 1.165) is 28.5 Å². The summed E-state index contributed by atoms with van der Waals surface area (Å²) in [7, 11) is 1.61. The van der Waals surface area contributed by atoms with Crippen molar-refractivity contribution in [1.29, 1.82) is 0 Å². The van der Waals surface area contributed by atoms with Gasteiger partial charge in [-0.3, -0.25) is 9.59 Å². The molecular weight excluding hydrogens is 594 g/mol. The van der Waals surface area contributed by atoms with Crippen LogP contribution in [0.3, 0.4) is 0 Å². The highest BCUT2D eigenvalue weighted by Gasteiger charge is 2.42. The summed E-state index contributed by atoms with van der Waals surface area (Å²) in [5.74, 6) is -3.08. The number of hydrogen-bond acceptors (Lipinski definition) is 9. The summed E-state index contributed by atoms with van der Waals surface area (Å²) in [6.07, 6.45) is 2.64. The van der Waals surface area contributed by atoms with Gasteiger partial charge in [0, 0.05) is 12.6 Å². The van der Waals surface area contributed by atoms with Crippen LogP contribution in [0, 0.1) is 19.3 Å². The molecular formula is C35H43NO10. The molecule has 2 aromatic carbocycles. The summed E-state index contributed by atoms with van der Waals surface area (Å²) in [5.41, 5.74) is 2.31. The second-order valence-corrected chi connectivity index (χ2v) is 12.0. The number of aryl methyl sites for hydroxylation is 2. The average molecular weight is 638 g/mol. The zero-order valence-electron chi connectivity index (χ0n) is 27.1. The maximum Gasteiger partial charge on any atom is 0.341 e. The highest BCUT2D eigenvalue weighted by Crippen LogP contribution is 2.31. The van der Waals surface area contributed by atoms with Crippen molar-refractivity contribution in [3.05, 3.63) is 71.3 Å². The van der Waals surface area contributed by atoms with Crippen molar-refractivity contribution in [2.75, 3.05) is 26.9 Å². The summed E-state index contributed by atoms with van der Waals surface area (Å²) in [6.45, 7) is 9.63. The molecule has 1 heterocycles. The molecule has 46 heavy (non-hydrogen) atoms. The molecule has 0 bridgehead atoms. The Balaban J connectivity index is 1.86. The van der Waals surface area contributed by atoms with E-state index in [2.05, 4.69) is 6.58 Å². The van der Waals surface area contributed by atoms with Gasteiger partial charge in [0.25, 0.3) is 5.91 Å². The molecule has 11 nitrogen and oxygen atoms in total. The SMILES string of the molecule is C=CC(=O)OCC(C)(C)C(=O)C(=O)N1CCCC[C@H]1C(=O)O[C@H](CCc1cc(C)c(C)c(OC)c1)c1cccc(OCC(=O)O)c1. The van der Waals surface area contributed by atoms with E-state index in [-0.39, 0.29) is 13.2 Å². The molecule has 3 rings (SSSR count). The van der Waals surface area contributed by atoms with Gasteiger partial charge < -0.3 is 29.0 Å². The van der Waals surface area contributed by atoms with Crippen molar-refractivity contribution in [1.82, 2.24) is 4.90 Å². The zero-order chi connectivity index (χ0) is 34.0. The number of esters is 2. The summed E-state index contributed by atoms with van der Waals surface area (Å²) in [6, 6.07) is 9.67. The standard InChI is InChI=1S/C35H43NO10/c1-7-31(39)45-21-35(4,5)32(40)33(41)36-16-9-8-13-27(36)34(42)46-28(25-11-10-12-26(19-25)44-20-30(37)38)15-14-24-17-22(2)23(3)29(18-24)43-6/h7,10-12,17-19,27-28H,1,8-9,13-16,20-21H2,2-6H3,(H,37,38)/t27-,28+/m0/s1. The Morgan fingerprint density at radius 3 is 2.52 bits per heavy atom. The summed E-state index contributed by atoms with van der Waals surface area (Å²) in [5, 5.41) is 9.05. The predicted molar refractivity (Wildman–Crippen MR) is 168 cm³/mol. The fraction of sp³-hybridized carbons (Fsp3) is 0.457. The minimum Gasteiger partial charge on any atom is -0.496 e. The number of ketones is 1. The van der Waals surface area contributed by atoms with Crippen LogP contribution in [0.15, 0.2) is 49.1 Å². The highest BCUT2D eigenvalue weighted by atomic mass is 16.5. The lowest BCUT2D eigenvalue weighted by Gasteiger charge is -2.36. The number of carboxylic acid groups (broad SMARTS) is 1. The van der Waals surface area contributed by atoms with Gasteiger partial charge in [-0.25, -0.2) is 14.4 Å². The first kappa shape index (κ1) is 35.8. The van der Waals surface area contributed by atoms with Crippen LogP contribution in [0.4, 0.5) is 0 Å². The predicted octanol–water partition coefficient (Wildman–Crippen LogP) is 4.70. The largest absolute Gasteiger partial charge is 0.496 e. The molecule has 1 aliphatic rings. The molecule has 248 valence electrons. The molecule has 0 saturated carbocycles. The first-order chi connectivity index (χ1) is 21.8. The number of likely N-dealkylation sites (tertiary alicyclic amines) is 1. The van der Waals surface area contributed by atoms with E-state index in [1.165, 1.54) is 18.7 Å². The second kappa shape index (κ2) is 16.1. The molecule has 1 N–H and O–H groups in total. The maximum atomic E-state index is 13.8. The van der Waals surface area contributed by atoms with E-state index in [9.17, 15) is 24.0 Å². The fourth-order valence-electron chi connectivity index (χ4n) is 5.23. The lowest BCUT2D eigenvalue weighted by molar-refractivity contribution is -0.165. The van der Waals surface area contributed by atoms with E-state index < -0.39 is 53.8 Å². The van der Waals surface area contributed by atoms with Crippen LogP contribution in [-0.2, 0) is 39.9 Å². The Morgan fingerprint density at radius 1 is 1.11 bits per heavy atom. The lowest BCUT2D eigenvalue weighted by Crippen LogP contribution is -2.53. The molecule has 1 saturated heterocycles. The molecule has 2 atom stereocenters. The van der Waals surface area contributed by atoms with Crippen LogP contribution in [0.1, 0.15) is 67.9 Å². The number of nitrogens with zero attached hydrogens (tertiary/aromatic N) is 1. The van der Waals surface area contributed by atoms with Gasteiger partial charge in [-0.15, -0.1) is 0 Å². The number of carboxylic acids is 1. The van der Waals surface area contributed by atoms with Crippen LogP contribution in [0.25, 0.3) is 0 Å². The number of piperidine rings is 1. The number of carbonyl (C=O) groups excluding carboxylic acids is 4. The van der Waals surface area contributed by atoms with Crippen molar-refractivity contribution in [3.8, 4) is 11.5 Å². The van der Waals surface area contributed by atoms with Gasteiger partial charge in [0.15, 0.2) is 6.61 Å². The Hall–Kier alpha value is -4.67. The van der Waals surface area contributed by atoms with Crippen LogP contribution >= 0.6 is 0 Å². The molecule has 1 aliphatic heterocycles. The second-order valence-electron chi connectivity index (χ2n) is 12.0. The van der Waals surface area contributed by atoms with E-state index in [1.54, 1.807) is 31.4 Å². The molecule has 0 aliphatic carbocycles. The smallest absolute Gasteiger partial charge is 0.341 e. The maximum absolute atomic E-state index is 13.8. The van der Waals surface area contributed by atoms with E-state index >= 15 is 0 Å². The third-order valence-corrected chi connectivity index (χ3v) is 8.03. The third-order valence-electron chi connectivity index (χ3n) is 8.03. The van der Waals surface area contributed by atoms with Crippen LogP contribution < -0.4 is 9.47 Å². The Bertz CT molecular complexity index is 1460. The number of rotatable bonds is 15. The van der Waals surface area contributed by atoms with Gasteiger partial charge in [0.1, 0.15) is 30.3 Å². The number of benzene rings is 2. The number of Topliss-reactive ketones (excluding diaryl/α,β-unsaturated/α-hetero) is 1. The van der Waals surface area contributed by atoms with Gasteiger partial charge in [-0.2, -0.15) is 0 Å². The highest BCUT2D eigenvalue weighted by molar-refractivity contribution is 6.38. The number of amides is 1. The molecule has 11 heteroatoms. The van der Waals surface area contributed by atoms with Gasteiger partial charge in [-0.1, -0.05) is 24.8 Å². The summed E-state index contributed by atoms with van der Waals surface area (Å²) < 4.78 is 22.0. The van der Waals surface area contributed by atoms with Crippen molar-refractivity contribution < 1.29 is 48.0 Å². The minimum absolute atomic E-state index is 0.193. The number of methoxy groups -OCH3 is 1. The number of aliphatic carboxylic acids is 1. The van der Waals surface area contributed by atoms with E-state index in [4.69, 9.17) is 24.1 Å².